The Kier molecular flexibility index (Phi) is 5.29. The van der Waals surface area contributed by atoms with Crippen LogP contribution in [0.4, 0.5) is 0 Å². The van der Waals surface area contributed by atoms with Crippen LogP contribution in [-0.2, 0) is 17.8 Å². The van der Waals surface area contributed by atoms with E-state index >= 15 is 0 Å². The summed E-state index contributed by atoms with van der Waals surface area (Å²) in [6, 6.07) is 13.4. The van der Waals surface area contributed by atoms with Gasteiger partial charge in [0.2, 0.25) is 0 Å². The zero-order valence-corrected chi connectivity index (χ0v) is 11.8. The molecule has 1 unspecified atom stereocenters. The van der Waals surface area contributed by atoms with Crippen molar-refractivity contribution in [1.29, 1.82) is 0 Å². The summed E-state index contributed by atoms with van der Waals surface area (Å²) in [4.78, 5) is 12.5. The molecule has 0 saturated heterocycles. The molecule has 20 heavy (non-hydrogen) atoms. The maximum atomic E-state index is 10.6. The average Bonchev–Trinajstić information content (AvgIpc) is 2.87. The molecule has 0 aliphatic heterocycles. The Balaban J connectivity index is 1.93. The van der Waals surface area contributed by atoms with Gasteiger partial charge in [-0.15, -0.1) is 11.3 Å². The van der Waals surface area contributed by atoms with Crippen LogP contribution in [0.2, 0.25) is 0 Å². The lowest BCUT2D eigenvalue weighted by atomic mass is 10.1. The van der Waals surface area contributed by atoms with Crippen molar-refractivity contribution in [2.24, 2.45) is 0 Å². The zero-order chi connectivity index (χ0) is 14.4. The van der Waals surface area contributed by atoms with E-state index in [4.69, 9.17) is 5.11 Å². The van der Waals surface area contributed by atoms with Crippen molar-refractivity contribution in [1.82, 2.24) is 5.32 Å². The van der Waals surface area contributed by atoms with Gasteiger partial charge >= 0.3 is 5.97 Å². The van der Waals surface area contributed by atoms with E-state index in [2.05, 4.69) is 5.32 Å². The standard InChI is InChI=1S/C15H17NO3S/c17-10-14(11-4-2-1-3-5-11)16-9-13-7-6-12(20-13)8-15(18)19/h1-7,14,16-17H,8-10H2,(H,18,19). The first kappa shape index (κ1) is 14.7. The van der Waals surface area contributed by atoms with E-state index in [-0.39, 0.29) is 19.1 Å². The third-order valence-electron chi connectivity index (χ3n) is 2.95. The Hall–Kier alpha value is -1.69. The Morgan fingerprint density at radius 1 is 1.15 bits per heavy atom. The number of hydrogen-bond acceptors (Lipinski definition) is 4. The number of carboxylic acid groups (broad SMARTS) is 1. The highest BCUT2D eigenvalue weighted by molar-refractivity contribution is 7.12. The quantitative estimate of drug-likeness (QED) is 0.731. The molecule has 4 nitrogen and oxygen atoms in total. The molecule has 1 aromatic carbocycles. The molecule has 2 aromatic rings. The summed E-state index contributed by atoms with van der Waals surface area (Å²) >= 11 is 1.48. The number of benzene rings is 1. The minimum absolute atomic E-state index is 0.0252. The largest absolute Gasteiger partial charge is 0.481 e. The second-order valence-electron chi connectivity index (χ2n) is 4.47. The molecule has 0 radical (unpaired) electrons. The van der Waals surface area contributed by atoms with Crippen LogP contribution in [-0.4, -0.2) is 22.8 Å². The van der Waals surface area contributed by atoms with Crippen molar-refractivity contribution in [2.45, 2.75) is 19.0 Å². The van der Waals surface area contributed by atoms with Crippen LogP contribution in [0.5, 0.6) is 0 Å². The number of hydrogen-bond donors (Lipinski definition) is 3. The lowest BCUT2D eigenvalue weighted by Crippen LogP contribution is -2.23. The molecular weight excluding hydrogens is 274 g/mol. The molecule has 1 aromatic heterocycles. The summed E-state index contributed by atoms with van der Waals surface area (Å²) < 4.78 is 0. The van der Waals surface area contributed by atoms with Crippen LogP contribution in [0.1, 0.15) is 21.4 Å². The number of thiophene rings is 1. The van der Waals surface area contributed by atoms with Gasteiger partial charge in [-0.2, -0.15) is 0 Å². The van der Waals surface area contributed by atoms with Gasteiger partial charge in [0, 0.05) is 16.3 Å². The third-order valence-corrected chi connectivity index (χ3v) is 4.04. The highest BCUT2D eigenvalue weighted by Crippen LogP contribution is 2.19. The molecule has 0 spiro atoms. The Labute approximate surface area is 121 Å². The highest BCUT2D eigenvalue weighted by atomic mass is 32.1. The SMILES string of the molecule is O=C(O)Cc1ccc(CNC(CO)c2ccccc2)s1. The predicted molar refractivity (Wildman–Crippen MR) is 78.8 cm³/mol. The summed E-state index contributed by atoms with van der Waals surface area (Å²) in [6.45, 7) is 0.641. The van der Waals surface area contributed by atoms with E-state index in [0.29, 0.717) is 6.54 Å². The smallest absolute Gasteiger partial charge is 0.308 e. The first-order valence-corrected chi connectivity index (χ1v) is 7.19. The summed E-state index contributed by atoms with van der Waals surface area (Å²) in [5, 5.41) is 21.5. The van der Waals surface area contributed by atoms with E-state index in [9.17, 15) is 9.90 Å². The van der Waals surface area contributed by atoms with Gasteiger partial charge in [0.25, 0.3) is 0 Å². The molecule has 0 bridgehead atoms. The van der Waals surface area contributed by atoms with Gasteiger partial charge < -0.3 is 15.5 Å². The molecule has 0 fully saturated rings. The summed E-state index contributed by atoms with van der Waals surface area (Å²) in [5.74, 6) is -0.816. The van der Waals surface area contributed by atoms with E-state index < -0.39 is 5.97 Å². The molecule has 1 heterocycles. The molecule has 1 atom stereocenters. The molecular formula is C15H17NO3S. The molecule has 0 saturated carbocycles. The van der Waals surface area contributed by atoms with E-state index in [1.54, 1.807) is 0 Å². The van der Waals surface area contributed by atoms with E-state index in [1.165, 1.54) is 11.3 Å². The van der Waals surface area contributed by atoms with Gasteiger partial charge in [-0.25, -0.2) is 0 Å². The van der Waals surface area contributed by atoms with E-state index in [0.717, 1.165) is 15.3 Å². The van der Waals surface area contributed by atoms with Crippen molar-refractivity contribution in [2.75, 3.05) is 6.61 Å². The van der Waals surface area contributed by atoms with Crippen LogP contribution in [0, 0.1) is 0 Å². The number of carboxylic acids is 1. The number of aliphatic hydroxyl groups excluding tert-OH is 1. The second kappa shape index (κ2) is 7.19. The van der Waals surface area contributed by atoms with Gasteiger partial charge in [0.15, 0.2) is 0 Å². The fraction of sp³-hybridized carbons (Fsp3) is 0.267. The summed E-state index contributed by atoms with van der Waals surface area (Å²) in [6.07, 6.45) is 0.0623. The van der Waals surface area contributed by atoms with Gasteiger partial charge in [0.1, 0.15) is 0 Å². The van der Waals surface area contributed by atoms with E-state index in [1.807, 2.05) is 42.5 Å². The number of aliphatic carboxylic acids is 1. The average molecular weight is 291 g/mol. The van der Waals surface area contributed by atoms with Crippen LogP contribution in [0.25, 0.3) is 0 Å². The molecule has 5 heteroatoms. The monoisotopic (exact) mass is 291 g/mol. The van der Waals surface area contributed by atoms with Crippen LogP contribution in [0.3, 0.4) is 0 Å². The predicted octanol–water partition coefficient (Wildman–Crippen LogP) is 2.20. The highest BCUT2D eigenvalue weighted by Gasteiger charge is 2.10. The van der Waals surface area contributed by atoms with Crippen LogP contribution >= 0.6 is 11.3 Å². The van der Waals surface area contributed by atoms with Crippen molar-refractivity contribution in [3.05, 3.63) is 57.8 Å². The summed E-state index contributed by atoms with van der Waals surface area (Å²) in [5.41, 5.74) is 1.04. The zero-order valence-electron chi connectivity index (χ0n) is 11.0. The fourth-order valence-corrected chi connectivity index (χ4v) is 2.92. The van der Waals surface area contributed by atoms with Crippen LogP contribution < -0.4 is 5.32 Å². The summed E-state index contributed by atoms with van der Waals surface area (Å²) in [7, 11) is 0. The van der Waals surface area contributed by atoms with Gasteiger partial charge in [0.05, 0.1) is 19.1 Å². The lowest BCUT2D eigenvalue weighted by Gasteiger charge is -2.16. The Morgan fingerprint density at radius 3 is 2.50 bits per heavy atom. The Morgan fingerprint density at radius 2 is 1.85 bits per heavy atom. The minimum atomic E-state index is -0.816. The fourth-order valence-electron chi connectivity index (χ4n) is 1.96. The van der Waals surface area contributed by atoms with Crippen molar-refractivity contribution in [3.63, 3.8) is 0 Å². The molecule has 3 N–H and O–H groups in total. The van der Waals surface area contributed by atoms with Crippen molar-refractivity contribution >= 4 is 17.3 Å². The molecule has 106 valence electrons. The number of carbonyl (C=O) groups is 1. The minimum Gasteiger partial charge on any atom is -0.481 e. The topological polar surface area (TPSA) is 69.6 Å². The molecule has 0 aliphatic carbocycles. The number of nitrogens with one attached hydrogen (secondary N) is 1. The first-order chi connectivity index (χ1) is 9.69. The molecule has 0 amide bonds. The molecule has 0 aliphatic rings. The number of rotatable bonds is 7. The lowest BCUT2D eigenvalue weighted by molar-refractivity contribution is -0.136. The molecule has 2 rings (SSSR count). The number of aliphatic hydroxyl groups is 1. The first-order valence-electron chi connectivity index (χ1n) is 6.37. The van der Waals surface area contributed by atoms with Gasteiger partial charge in [-0.3, -0.25) is 4.79 Å². The normalized spacial score (nSPS) is 12.2. The van der Waals surface area contributed by atoms with Gasteiger partial charge in [-0.05, 0) is 17.7 Å². The maximum Gasteiger partial charge on any atom is 0.308 e. The van der Waals surface area contributed by atoms with Gasteiger partial charge in [-0.1, -0.05) is 30.3 Å². The third kappa shape index (κ3) is 4.16. The Bertz CT molecular complexity index is 553. The van der Waals surface area contributed by atoms with Crippen molar-refractivity contribution in [3.8, 4) is 0 Å². The van der Waals surface area contributed by atoms with Crippen molar-refractivity contribution < 1.29 is 15.0 Å². The maximum absolute atomic E-state index is 10.6. The second-order valence-corrected chi connectivity index (χ2v) is 5.72. The van der Waals surface area contributed by atoms with Crippen LogP contribution in [0.15, 0.2) is 42.5 Å².